The van der Waals surface area contributed by atoms with Gasteiger partial charge in [0.25, 0.3) is 0 Å². The van der Waals surface area contributed by atoms with Crippen molar-refractivity contribution >= 4 is 22.8 Å². The molecule has 0 radical (unpaired) electrons. The number of hydroxylamine groups is 2. The highest BCUT2D eigenvalue weighted by molar-refractivity contribution is 7.99. The SMILES string of the molecule is [O-][NH+]1CSc2cc3nc[nH]c3cc2C1. The highest BCUT2D eigenvalue weighted by atomic mass is 32.2. The normalized spacial score (nSPS) is 21.1. The summed E-state index contributed by atoms with van der Waals surface area (Å²) in [6.07, 6.45) is 1.68. The van der Waals surface area contributed by atoms with Crippen LogP contribution in [0.1, 0.15) is 5.56 Å². The zero-order valence-corrected chi connectivity index (χ0v) is 8.23. The number of thioether (sulfide) groups is 1. The first-order valence-electron chi connectivity index (χ1n) is 4.43. The molecule has 14 heavy (non-hydrogen) atoms. The van der Waals surface area contributed by atoms with Crippen molar-refractivity contribution < 1.29 is 5.06 Å². The molecule has 0 saturated carbocycles. The maximum absolute atomic E-state index is 11.3. The van der Waals surface area contributed by atoms with Crippen LogP contribution in [0.4, 0.5) is 0 Å². The summed E-state index contributed by atoms with van der Waals surface area (Å²) >= 11 is 1.61. The van der Waals surface area contributed by atoms with E-state index in [0.29, 0.717) is 17.5 Å². The Morgan fingerprint density at radius 2 is 2.43 bits per heavy atom. The Morgan fingerprint density at radius 3 is 3.36 bits per heavy atom. The van der Waals surface area contributed by atoms with E-state index in [-0.39, 0.29) is 0 Å². The number of rotatable bonds is 0. The molecule has 1 aromatic carbocycles. The van der Waals surface area contributed by atoms with Gasteiger partial charge < -0.3 is 15.3 Å². The van der Waals surface area contributed by atoms with E-state index in [1.54, 1.807) is 18.1 Å². The molecule has 1 aromatic heterocycles. The number of nitrogens with zero attached hydrogens (tertiary/aromatic N) is 1. The van der Waals surface area contributed by atoms with Crippen LogP contribution in [0, 0.1) is 5.21 Å². The molecule has 4 nitrogen and oxygen atoms in total. The van der Waals surface area contributed by atoms with E-state index in [1.165, 1.54) is 4.90 Å². The van der Waals surface area contributed by atoms with E-state index in [4.69, 9.17) is 0 Å². The molecule has 0 amide bonds. The Balaban J connectivity index is 2.19. The topological polar surface area (TPSA) is 56.2 Å². The fourth-order valence-electron chi connectivity index (χ4n) is 1.70. The molecule has 1 atom stereocenters. The van der Waals surface area contributed by atoms with Crippen LogP contribution in [-0.2, 0) is 6.54 Å². The van der Waals surface area contributed by atoms with Gasteiger partial charge in [-0.3, -0.25) is 0 Å². The lowest BCUT2D eigenvalue weighted by molar-refractivity contribution is -0.849. The van der Waals surface area contributed by atoms with Crippen molar-refractivity contribution in [2.24, 2.45) is 0 Å². The number of nitrogens with one attached hydrogen (secondary N) is 2. The third-order valence-corrected chi connectivity index (χ3v) is 3.54. The number of imidazole rings is 1. The fourth-order valence-corrected chi connectivity index (χ4v) is 2.63. The summed E-state index contributed by atoms with van der Waals surface area (Å²) in [7, 11) is 0. The lowest BCUT2D eigenvalue weighted by Gasteiger charge is -2.27. The van der Waals surface area contributed by atoms with Crippen LogP contribution >= 0.6 is 11.8 Å². The number of aromatic nitrogens is 2. The molecule has 2 heterocycles. The second-order valence-corrected chi connectivity index (χ2v) is 4.40. The molecular weight excluding hydrogens is 198 g/mol. The molecule has 1 aliphatic rings. The summed E-state index contributed by atoms with van der Waals surface area (Å²) in [4.78, 5) is 8.44. The summed E-state index contributed by atoms with van der Waals surface area (Å²) < 4.78 is 0. The summed E-state index contributed by atoms with van der Waals surface area (Å²) in [6.45, 7) is 0.567. The molecule has 0 saturated heterocycles. The van der Waals surface area contributed by atoms with Gasteiger partial charge in [-0.2, -0.15) is 0 Å². The zero-order valence-electron chi connectivity index (χ0n) is 7.41. The smallest absolute Gasteiger partial charge is 0.128 e. The van der Waals surface area contributed by atoms with Gasteiger partial charge in [0.05, 0.1) is 17.4 Å². The lowest BCUT2D eigenvalue weighted by Crippen LogP contribution is -3.05. The molecule has 72 valence electrons. The maximum Gasteiger partial charge on any atom is 0.128 e. The minimum Gasteiger partial charge on any atom is -0.633 e. The van der Waals surface area contributed by atoms with Crippen molar-refractivity contribution in [3.63, 3.8) is 0 Å². The predicted octanol–water partition coefficient (Wildman–Crippen LogP) is 0.509. The van der Waals surface area contributed by atoms with Crippen LogP contribution in [-0.4, -0.2) is 15.8 Å². The van der Waals surface area contributed by atoms with Crippen molar-refractivity contribution in [3.8, 4) is 0 Å². The van der Waals surface area contributed by atoms with Crippen molar-refractivity contribution in [3.05, 3.63) is 29.2 Å². The minimum absolute atomic E-state index is 0.307. The van der Waals surface area contributed by atoms with Gasteiger partial charge in [-0.05, 0) is 12.1 Å². The number of aromatic amines is 1. The van der Waals surface area contributed by atoms with Gasteiger partial charge in [-0.25, -0.2) is 4.98 Å². The Morgan fingerprint density at radius 1 is 1.50 bits per heavy atom. The van der Waals surface area contributed by atoms with Crippen LogP contribution in [0.5, 0.6) is 0 Å². The maximum atomic E-state index is 11.3. The third-order valence-electron chi connectivity index (χ3n) is 2.38. The first-order chi connectivity index (χ1) is 6.83. The number of hydrogen-bond acceptors (Lipinski definition) is 3. The summed E-state index contributed by atoms with van der Waals surface area (Å²) in [5, 5.41) is 11.6. The van der Waals surface area contributed by atoms with E-state index in [9.17, 15) is 5.21 Å². The summed E-state index contributed by atoms with van der Waals surface area (Å²) in [5.41, 5.74) is 3.12. The van der Waals surface area contributed by atoms with Gasteiger partial charge >= 0.3 is 0 Å². The monoisotopic (exact) mass is 207 g/mol. The Labute approximate surface area is 84.9 Å². The molecule has 0 bridgehead atoms. The van der Waals surface area contributed by atoms with Crippen molar-refractivity contribution in [2.45, 2.75) is 11.4 Å². The van der Waals surface area contributed by atoms with Crippen LogP contribution in [0.2, 0.25) is 0 Å². The molecule has 1 aliphatic heterocycles. The van der Waals surface area contributed by atoms with Crippen LogP contribution in [0.25, 0.3) is 11.0 Å². The first kappa shape index (κ1) is 8.28. The van der Waals surface area contributed by atoms with Gasteiger partial charge in [0, 0.05) is 10.5 Å². The highest BCUT2D eigenvalue weighted by Gasteiger charge is 2.15. The zero-order chi connectivity index (χ0) is 9.54. The van der Waals surface area contributed by atoms with E-state index < -0.39 is 0 Å². The van der Waals surface area contributed by atoms with Crippen molar-refractivity contribution in [2.75, 3.05) is 5.88 Å². The third kappa shape index (κ3) is 1.21. The van der Waals surface area contributed by atoms with Gasteiger partial charge in [0.1, 0.15) is 12.4 Å². The second-order valence-electron chi connectivity index (χ2n) is 3.38. The number of fused-ring (bicyclic) bond motifs is 2. The first-order valence-corrected chi connectivity index (χ1v) is 5.42. The van der Waals surface area contributed by atoms with Gasteiger partial charge in [-0.15, -0.1) is 0 Å². The van der Waals surface area contributed by atoms with Crippen LogP contribution in [0.15, 0.2) is 23.4 Å². The van der Waals surface area contributed by atoms with Gasteiger partial charge in [0.2, 0.25) is 0 Å². The fraction of sp³-hybridized carbons (Fsp3) is 0.222. The largest absolute Gasteiger partial charge is 0.633 e. The highest BCUT2D eigenvalue weighted by Crippen LogP contribution is 2.27. The van der Waals surface area contributed by atoms with Crippen LogP contribution in [0.3, 0.4) is 0 Å². The molecule has 2 N–H and O–H groups in total. The predicted molar refractivity (Wildman–Crippen MR) is 54.9 cm³/mol. The van der Waals surface area contributed by atoms with E-state index >= 15 is 0 Å². The van der Waals surface area contributed by atoms with E-state index in [2.05, 4.69) is 16.0 Å². The number of quaternary nitrogens is 1. The lowest BCUT2D eigenvalue weighted by atomic mass is 10.2. The van der Waals surface area contributed by atoms with Gasteiger partial charge in [-0.1, -0.05) is 11.8 Å². The quantitative estimate of drug-likeness (QED) is 0.619. The molecule has 1 unspecified atom stereocenters. The minimum atomic E-state index is 0.307. The second kappa shape index (κ2) is 2.98. The van der Waals surface area contributed by atoms with E-state index in [1.807, 2.05) is 6.07 Å². The molecular formula is C9H9N3OS. The average molecular weight is 207 g/mol. The molecule has 0 fully saturated rings. The number of benzene rings is 1. The van der Waals surface area contributed by atoms with Crippen LogP contribution < -0.4 is 5.06 Å². The van der Waals surface area contributed by atoms with Crippen molar-refractivity contribution in [1.29, 1.82) is 0 Å². The molecule has 3 rings (SSSR count). The summed E-state index contributed by atoms with van der Waals surface area (Å²) in [5.74, 6) is 0.600. The Hall–Kier alpha value is -1.04. The average Bonchev–Trinajstić information content (AvgIpc) is 2.61. The molecule has 5 heteroatoms. The molecule has 2 aromatic rings. The molecule has 0 aliphatic carbocycles. The Bertz CT molecular complexity index is 482. The molecule has 0 spiro atoms. The van der Waals surface area contributed by atoms with E-state index in [0.717, 1.165) is 16.6 Å². The number of H-pyrrole nitrogens is 1. The summed E-state index contributed by atoms with van der Waals surface area (Å²) in [6, 6.07) is 4.08. The van der Waals surface area contributed by atoms with Crippen molar-refractivity contribution in [1.82, 2.24) is 9.97 Å². The Kier molecular flexibility index (Phi) is 1.76. The number of hydrogen-bond donors (Lipinski definition) is 2. The van der Waals surface area contributed by atoms with Gasteiger partial charge in [0.15, 0.2) is 0 Å². The standard InChI is InChI=1S/C9H9N3OS/c13-12-3-6-1-7-8(11-4-10-7)2-9(6)14-5-12/h1-2,4,12H,3,5H2,(H,10,11).